The van der Waals surface area contributed by atoms with E-state index in [2.05, 4.69) is 179 Å². The topological polar surface area (TPSA) is 110 Å². The molecule has 0 saturated heterocycles. The van der Waals surface area contributed by atoms with Gasteiger partial charge in [0.25, 0.3) is 0 Å². The Labute approximate surface area is 443 Å². The third-order valence-corrected chi connectivity index (χ3v) is 16.5. The molecule has 11 aromatic carbocycles. The molecule has 0 saturated carbocycles. The highest BCUT2D eigenvalue weighted by atomic mass is 32.1. The molecule has 0 fully saturated rings. The van der Waals surface area contributed by atoms with Gasteiger partial charge in [-0.25, -0.2) is 19.6 Å². The van der Waals surface area contributed by atoms with Crippen LogP contribution >= 0.6 is 11.3 Å². The zero-order chi connectivity index (χ0) is 51.5. The summed E-state index contributed by atoms with van der Waals surface area (Å²) in [5, 5.41) is 27.9. The van der Waals surface area contributed by atoms with Crippen molar-refractivity contribution in [2.24, 2.45) is 0 Å². The van der Waals surface area contributed by atoms with E-state index < -0.39 is 11.9 Å². The van der Waals surface area contributed by atoms with Gasteiger partial charge in [-0.1, -0.05) is 146 Å². The molecule has 8 nitrogen and oxygen atoms in total. The van der Waals surface area contributed by atoms with Crippen LogP contribution in [0, 0.1) is 0 Å². The summed E-state index contributed by atoms with van der Waals surface area (Å²) in [7, 11) is 0. The van der Waals surface area contributed by atoms with E-state index in [0.29, 0.717) is 0 Å². The number of hydrogen-bond donors (Lipinski definition) is 2. The number of thiophene rings is 1. The predicted octanol–water partition coefficient (Wildman–Crippen LogP) is 17.4. The van der Waals surface area contributed by atoms with Gasteiger partial charge < -0.3 is 19.3 Å². The second-order valence-electron chi connectivity index (χ2n) is 19.5. The molecule has 77 heavy (non-hydrogen) atoms. The highest BCUT2D eigenvalue weighted by molar-refractivity contribution is 7.21. The van der Waals surface area contributed by atoms with E-state index in [4.69, 9.17) is 9.97 Å². The summed E-state index contributed by atoms with van der Waals surface area (Å²) >= 11 is 1.70. The summed E-state index contributed by atoms with van der Waals surface area (Å²) in [6.45, 7) is 0. The third-order valence-electron chi connectivity index (χ3n) is 15.2. The Bertz CT molecular complexity index is 4650. The lowest BCUT2D eigenvalue weighted by atomic mass is 9.93. The molecule has 15 rings (SSSR count). The van der Waals surface area contributed by atoms with Crippen molar-refractivity contribution in [3.8, 4) is 54.5 Å². The number of carboxylic acid groups (broad SMARTS) is 2. The van der Waals surface area contributed by atoms with Gasteiger partial charge in [-0.05, 0) is 129 Å². The fourth-order valence-electron chi connectivity index (χ4n) is 11.6. The van der Waals surface area contributed by atoms with E-state index in [1.54, 1.807) is 35.6 Å². The van der Waals surface area contributed by atoms with Gasteiger partial charge >= 0.3 is 11.9 Å². The van der Waals surface area contributed by atoms with E-state index in [0.717, 1.165) is 131 Å². The van der Waals surface area contributed by atoms with Gasteiger partial charge in [0.05, 0.1) is 54.0 Å². The zero-order valence-electron chi connectivity index (χ0n) is 40.8. The molecule has 2 N–H and O–H groups in total. The Morgan fingerprint density at radius 3 is 1.08 bits per heavy atom. The van der Waals surface area contributed by atoms with Crippen LogP contribution in [0.15, 0.2) is 231 Å². The van der Waals surface area contributed by atoms with Crippen molar-refractivity contribution < 1.29 is 19.8 Å². The second kappa shape index (κ2) is 17.2. The number of benzene rings is 11. The van der Waals surface area contributed by atoms with Gasteiger partial charge in [-0.3, -0.25) is 0 Å². The Morgan fingerprint density at radius 1 is 0.312 bits per heavy atom. The van der Waals surface area contributed by atoms with E-state index in [1.807, 2.05) is 36.4 Å². The molecule has 0 radical (unpaired) electrons. The minimum absolute atomic E-state index is 0.219. The van der Waals surface area contributed by atoms with Crippen molar-refractivity contribution in [2.45, 2.75) is 0 Å². The number of fused-ring (bicyclic) bond motifs is 13. The van der Waals surface area contributed by atoms with Crippen LogP contribution in [0.2, 0.25) is 0 Å². The van der Waals surface area contributed by atoms with E-state index in [1.165, 1.54) is 10.8 Å². The number of para-hydroxylation sites is 4. The Hall–Kier alpha value is -10.2. The average Bonchev–Trinajstić information content (AvgIpc) is 4.18. The first-order valence-electron chi connectivity index (χ1n) is 25.3. The molecule has 0 aliphatic carbocycles. The number of nitrogens with zero attached hydrogens (tertiary/aromatic N) is 4. The van der Waals surface area contributed by atoms with E-state index in [-0.39, 0.29) is 11.1 Å². The molecule has 0 bridgehead atoms. The minimum Gasteiger partial charge on any atom is -0.478 e. The van der Waals surface area contributed by atoms with Crippen molar-refractivity contribution in [3.63, 3.8) is 0 Å². The maximum atomic E-state index is 11.9. The summed E-state index contributed by atoms with van der Waals surface area (Å²) in [6.07, 6.45) is 0. The molecular formula is C68H40N4O4S. The SMILES string of the molecule is O=C(O)c1ccc(-c2ccc3c4ccc(-c5ccc(C(=O)O)cc5)cc4c4nc5c(-c6ccc7c8ccccc8n(-c8ccccc8)c7c6)sc(-c6ccc7c8ccccc8n(-c8ccccc8)c7c6)c5nc4c3c2)cc1. The summed E-state index contributed by atoms with van der Waals surface area (Å²) in [5.41, 5.74) is 15.6. The summed E-state index contributed by atoms with van der Waals surface area (Å²) in [5.74, 6) is -1.96. The van der Waals surface area contributed by atoms with Crippen LogP contribution in [-0.2, 0) is 0 Å². The maximum Gasteiger partial charge on any atom is 0.335 e. The lowest BCUT2D eigenvalue weighted by Gasteiger charge is -2.14. The van der Waals surface area contributed by atoms with Gasteiger partial charge in [0.15, 0.2) is 0 Å². The fraction of sp³-hybridized carbons (Fsp3) is 0. The summed E-state index contributed by atoms with van der Waals surface area (Å²) < 4.78 is 4.69. The first-order valence-corrected chi connectivity index (χ1v) is 26.1. The molecular weight excluding hydrogens is 969 g/mol. The van der Waals surface area contributed by atoms with Gasteiger partial charge in [-0.15, -0.1) is 11.3 Å². The Balaban J connectivity index is 1.05. The Kier molecular flexibility index (Phi) is 9.88. The molecule has 0 aliphatic heterocycles. The monoisotopic (exact) mass is 1010 g/mol. The van der Waals surface area contributed by atoms with Crippen LogP contribution in [-0.4, -0.2) is 41.3 Å². The van der Waals surface area contributed by atoms with Crippen LogP contribution in [0.25, 0.3) is 142 Å². The van der Waals surface area contributed by atoms with Crippen molar-refractivity contribution in [2.75, 3.05) is 0 Å². The van der Waals surface area contributed by atoms with Crippen molar-refractivity contribution in [1.29, 1.82) is 0 Å². The smallest absolute Gasteiger partial charge is 0.335 e. The number of rotatable bonds is 8. The summed E-state index contributed by atoms with van der Waals surface area (Å²) in [6, 6.07) is 78.4. The van der Waals surface area contributed by atoms with Gasteiger partial charge in [0.2, 0.25) is 0 Å². The first kappa shape index (κ1) is 44.3. The number of hydrogen-bond acceptors (Lipinski definition) is 5. The highest BCUT2D eigenvalue weighted by Crippen LogP contribution is 2.48. The fourth-order valence-corrected chi connectivity index (χ4v) is 12.7. The molecule has 4 aromatic heterocycles. The van der Waals surface area contributed by atoms with Gasteiger partial charge in [-0.2, -0.15) is 0 Å². The zero-order valence-corrected chi connectivity index (χ0v) is 41.7. The molecule has 0 atom stereocenters. The highest BCUT2D eigenvalue weighted by Gasteiger charge is 2.24. The lowest BCUT2D eigenvalue weighted by molar-refractivity contribution is 0.0686. The third kappa shape index (κ3) is 6.98. The van der Waals surface area contributed by atoms with Crippen LogP contribution in [0.1, 0.15) is 20.7 Å². The van der Waals surface area contributed by atoms with Crippen molar-refractivity contribution in [1.82, 2.24) is 19.1 Å². The normalized spacial score (nSPS) is 11.8. The number of carbonyl (C=O) groups is 2. The summed E-state index contributed by atoms with van der Waals surface area (Å²) in [4.78, 5) is 37.5. The largest absolute Gasteiger partial charge is 0.478 e. The molecule has 4 heterocycles. The van der Waals surface area contributed by atoms with Gasteiger partial charge in [0.1, 0.15) is 11.0 Å². The molecule has 9 heteroatoms. The van der Waals surface area contributed by atoms with Crippen molar-refractivity contribution >= 4 is 110 Å². The number of aromatic carboxylic acids is 2. The van der Waals surface area contributed by atoms with E-state index >= 15 is 0 Å². The number of aromatic nitrogens is 4. The molecule has 0 unspecified atom stereocenters. The molecule has 0 spiro atoms. The Morgan fingerprint density at radius 2 is 0.662 bits per heavy atom. The molecule has 362 valence electrons. The van der Waals surface area contributed by atoms with Crippen LogP contribution in [0.4, 0.5) is 0 Å². The average molecular weight is 1010 g/mol. The van der Waals surface area contributed by atoms with Crippen LogP contribution in [0.5, 0.6) is 0 Å². The maximum absolute atomic E-state index is 11.9. The molecule has 15 aromatic rings. The predicted molar refractivity (Wildman–Crippen MR) is 314 cm³/mol. The van der Waals surface area contributed by atoms with Crippen molar-refractivity contribution in [3.05, 3.63) is 242 Å². The standard InChI is InChI=1S/C68H40N4O4S/c73-67(74)41-23-19-39(20-24-41)43-27-31-49-50-32-28-44(40-21-25-42(26-22-40)68(75)76)36-56(50)62-61(55(49)35-43)69-63-64(70-62)66(46-30-34-54-52-16-8-10-18-58(52)72(60(54)38-46)48-13-5-2-6-14-48)77-65(63)45-29-33-53-51-15-7-9-17-57(51)71(59(53)37-45)47-11-3-1-4-12-47/h1-38H,(H,73,74)(H,75,76). The van der Waals surface area contributed by atoms with E-state index in [9.17, 15) is 19.8 Å². The van der Waals surface area contributed by atoms with Crippen LogP contribution < -0.4 is 0 Å². The molecule has 0 amide bonds. The second-order valence-corrected chi connectivity index (χ2v) is 20.5. The van der Waals surface area contributed by atoms with Crippen LogP contribution in [0.3, 0.4) is 0 Å². The minimum atomic E-state index is -0.978. The lowest BCUT2D eigenvalue weighted by Crippen LogP contribution is -1.95. The first-order chi connectivity index (χ1) is 37.8. The number of carboxylic acids is 2. The quantitative estimate of drug-likeness (QED) is 0.147. The van der Waals surface area contributed by atoms with Gasteiger partial charge in [0, 0.05) is 43.7 Å². The molecule has 0 aliphatic rings.